The van der Waals surface area contributed by atoms with E-state index in [-0.39, 0.29) is 23.2 Å². The Morgan fingerprint density at radius 2 is 1.61 bits per heavy atom. The number of aromatic nitrogens is 3. The van der Waals surface area contributed by atoms with Gasteiger partial charge in [-0.25, -0.2) is 19.1 Å². The Morgan fingerprint density at radius 3 is 2.18 bits per heavy atom. The molecule has 1 amide bonds. The molecule has 0 atom stereocenters. The smallest absolute Gasteiger partial charge is 0.416 e. The van der Waals surface area contributed by atoms with Gasteiger partial charge in [-0.1, -0.05) is 0 Å². The summed E-state index contributed by atoms with van der Waals surface area (Å²) in [5, 5.41) is 30.2. The van der Waals surface area contributed by atoms with E-state index in [9.17, 15) is 19.8 Å². The van der Waals surface area contributed by atoms with E-state index in [2.05, 4.69) is 14.9 Å². The van der Waals surface area contributed by atoms with Crippen LogP contribution in [0.1, 0.15) is 46.4 Å². The van der Waals surface area contributed by atoms with Gasteiger partial charge in [0, 0.05) is 55.3 Å². The number of fused-ring (bicyclic) bond motifs is 1. The first-order chi connectivity index (χ1) is 18.4. The molecule has 4 heterocycles. The summed E-state index contributed by atoms with van der Waals surface area (Å²) in [7, 11) is 0. The average molecular weight is 522 g/mol. The Balaban J connectivity index is 1.09. The number of nitrogens with zero attached hydrogens (tertiary/aromatic N) is 5. The Kier molecular flexibility index (Phi) is 7.45. The van der Waals surface area contributed by atoms with E-state index < -0.39 is 12.1 Å². The Labute approximate surface area is 219 Å². The standard InChI is InChI=1S/C27H31N5O6/c33-24-21-5-1-2-6-22(21)25(34)32(24)20-9-10-23(29-17-20)38-27(37)31-14-12-30(13-15-31)11-3-4-19-8-7-18(16-28-19)26(35)36/h7-10,16-17,33-34H,1-6,11-15H2,(H,35,36). The third-order valence-electron chi connectivity index (χ3n) is 7.21. The molecule has 3 aromatic heterocycles. The van der Waals surface area contributed by atoms with Crippen LogP contribution in [0.4, 0.5) is 4.79 Å². The van der Waals surface area contributed by atoms with Crippen molar-refractivity contribution in [2.75, 3.05) is 32.7 Å². The second kappa shape index (κ2) is 11.1. The number of amides is 1. The van der Waals surface area contributed by atoms with Crippen LogP contribution in [-0.2, 0) is 19.3 Å². The van der Waals surface area contributed by atoms with Gasteiger partial charge in [0.25, 0.3) is 0 Å². The fourth-order valence-corrected chi connectivity index (χ4v) is 5.07. The first-order valence-corrected chi connectivity index (χ1v) is 12.9. The van der Waals surface area contributed by atoms with Crippen LogP contribution in [0, 0.1) is 0 Å². The van der Waals surface area contributed by atoms with Gasteiger partial charge in [-0.15, -0.1) is 0 Å². The number of carbonyl (C=O) groups is 2. The van der Waals surface area contributed by atoms with E-state index >= 15 is 0 Å². The maximum absolute atomic E-state index is 12.7. The minimum absolute atomic E-state index is 0.0361. The van der Waals surface area contributed by atoms with Crippen molar-refractivity contribution in [3.8, 4) is 23.3 Å². The number of hydrogen-bond donors (Lipinski definition) is 3. The van der Waals surface area contributed by atoms with Gasteiger partial charge in [0.05, 0.1) is 17.4 Å². The van der Waals surface area contributed by atoms with Crippen LogP contribution in [0.5, 0.6) is 17.6 Å². The summed E-state index contributed by atoms with van der Waals surface area (Å²) in [5.41, 5.74) is 3.11. The molecule has 0 radical (unpaired) electrons. The zero-order valence-corrected chi connectivity index (χ0v) is 21.0. The lowest BCUT2D eigenvalue weighted by Crippen LogP contribution is -2.49. The molecular weight excluding hydrogens is 490 g/mol. The molecule has 0 spiro atoms. The summed E-state index contributed by atoms with van der Waals surface area (Å²) >= 11 is 0. The number of ether oxygens (including phenoxy) is 1. The quantitative estimate of drug-likeness (QED) is 0.428. The summed E-state index contributed by atoms with van der Waals surface area (Å²) in [6.45, 7) is 3.39. The highest BCUT2D eigenvalue weighted by Crippen LogP contribution is 2.40. The van der Waals surface area contributed by atoms with E-state index in [1.807, 2.05) is 0 Å². The number of pyridine rings is 2. The minimum atomic E-state index is -0.983. The molecule has 5 rings (SSSR count). The molecule has 1 saturated heterocycles. The lowest BCUT2D eigenvalue weighted by atomic mass is 9.95. The summed E-state index contributed by atoms with van der Waals surface area (Å²) < 4.78 is 6.84. The van der Waals surface area contributed by atoms with Crippen molar-refractivity contribution in [2.24, 2.45) is 0 Å². The van der Waals surface area contributed by atoms with Crippen LogP contribution in [-0.4, -0.2) is 84.4 Å². The second-order valence-electron chi connectivity index (χ2n) is 9.65. The summed E-state index contributed by atoms with van der Waals surface area (Å²) in [6.07, 6.45) is 7.45. The molecule has 0 bridgehead atoms. The number of aromatic carboxylic acids is 1. The Hall–Kier alpha value is -4.12. The SMILES string of the molecule is O=C(O)c1ccc(CCCN2CCN(C(=O)Oc3ccc(-n4c(O)c5c(c4O)CCCC5)cn3)CC2)nc1. The zero-order valence-electron chi connectivity index (χ0n) is 21.0. The highest BCUT2D eigenvalue weighted by molar-refractivity contribution is 5.87. The van der Waals surface area contributed by atoms with Crippen molar-refractivity contribution in [1.82, 2.24) is 24.3 Å². The van der Waals surface area contributed by atoms with Crippen LogP contribution in [0.15, 0.2) is 36.7 Å². The maximum Gasteiger partial charge on any atom is 0.416 e. The third-order valence-corrected chi connectivity index (χ3v) is 7.21. The molecule has 11 heteroatoms. The number of hydrogen-bond acceptors (Lipinski definition) is 8. The number of aryl methyl sites for hydroxylation is 1. The summed E-state index contributed by atoms with van der Waals surface area (Å²) in [6, 6.07) is 6.52. The molecule has 1 aliphatic carbocycles. The molecule has 0 aromatic carbocycles. The highest BCUT2D eigenvalue weighted by Gasteiger charge is 2.26. The average Bonchev–Trinajstić information content (AvgIpc) is 3.19. The molecule has 0 unspecified atom stereocenters. The Bertz CT molecular complexity index is 1270. The van der Waals surface area contributed by atoms with Gasteiger partial charge in [-0.2, -0.15) is 0 Å². The fraction of sp³-hybridized carbons (Fsp3) is 0.407. The first kappa shape index (κ1) is 25.5. The molecule has 1 fully saturated rings. The van der Waals surface area contributed by atoms with Gasteiger partial charge in [0.15, 0.2) is 0 Å². The summed E-state index contributed by atoms with van der Waals surface area (Å²) in [5.74, 6) is -0.759. The largest absolute Gasteiger partial charge is 0.494 e. The molecule has 0 saturated carbocycles. The normalized spacial score (nSPS) is 15.7. The van der Waals surface area contributed by atoms with Gasteiger partial charge in [0.1, 0.15) is 0 Å². The van der Waals surface area contributed by atoms with Crippen molar-refractivity contribution < 1.29 is 29.6 Å². The molecule has 200 valence electrons. The van der Waals surface area contributed by atoms with Crippen molar-refractivity contribution in [3.05, 3.63) is 59.0 Å². The van der Waals surface area contributed by atoms with Crippen molar-refractivity contribution >= 4 is 12.1 Å². The second-order valence-corrected chi connectivity index (χ2v) is 9.65. The molecule has 3 N–H and O–H groups in total. The first-order valence-electron chi connectivity index (χ1n) is 12.9. The van der Waals surface area contributed by atoms with Crippen molar-refractivity contribution in [3.63, 3.8) is 0 Å². The molecule has 1 aliphatic heterocycles. The number of carbonyl (C=O) groups excluding carboxylic acids is 1. The lowest BCUT2D eigenvalue weighted by Gasteiger charge is -2.33. The van der Waals surface area contributed by atoms with Gasteiger partial charge in [-0.3, -0.25) is 9.88 Å². The predicted molar refractivity (Wildman–Crippen MR) is 137 cm³/mol. The van der Waals surface area contributed by atoms with Crippen LogP contribution in [0.2, 0.25) is 0 Å². The molecule has 11 nitrogen and oxygen atoms in total. The van der Waals surface area contributed by atoms with Gasteiger partial charge < -0.3 is 25.0 Å². The maximum atomic E-state index is 12.7. The topological polar surface area (TPSA) is 141 Å². The predicted octanol–water partition coefficient (Wildman–Crippen LogP) is 3.00. The third kappa shape index (κ3) is 5.42. The van der Waals surface area contributed by atoms with Gasteiger partial charge >= 0.3 is 12.1 Å². The Morgan fingerprint density at radius 1 is 0.895 bits per heavy atom. The van der Waals surface area contributed by atoms with Crippen LogP contribution < -0.4 is 4.74 Å². The van der Waals surface area contributed by atoms with Crippen molar-refractivity contribution in [1.29, 1.82) is 0 Å². The number of aromatic hydroxyl groups is 2. The van der Waals surface area contributed by atoms with Crippen LogP contribution in [0.3, 0.4) is 0 Å². The monoisotopic (exact) mass is 521 g/mol. The van der Waals surface area contributed by atoms with E-state index in [4.69, 9.17) is 9.84 Å². The van der Waals surface area contributed by atoms with E-state index in [0.717, 1.165) is 75.0 Å². The van der Waals surface area contributed by atoms with E-state index in [0.29, 0.717) is 18.8 Å². The summed E-state index contributed by atoms with van der Waals surface area (Å²) in [4.78, 5) is 35.9. The number of carboxylic acids is 1. The van der Waals surface area contributed by atoms with E-state index in [1.54, 1.807) is 29.2 Å². The van der Waals surface area contributed by atoms with E-state index in [1.165, 1.54) is 17.0 Å². The molecule has 3 aromatic rings. The minimum Gasteiger partial charge on any atom is -0.494 e. The number of rotatable bonds is 7. The highest BCUT2D eigenvalue weighted by atomic mass is 16.6. The van der Waals surface area contributed by atoms with Crippen molar-refractivity contribution in [2.45, 2.75) is 38.5 Å². The van der Waals surface area contributed by atoms with Gasteiger partial charge in [0.2, 0.25) is 17.6 Å². The zero-order chi connectivity index (χ0) is 26.6. The van der Waals surface area contributed by atoms with Crippen LogP contribution >= 0.6 is 0 Å². The number of piperazine rings is 1. The molecular formula is C27H31N5O6. The van der Waals surface area contributed by atoms with Gasteiger partial charge in [-0.05, 0) is 63.3 Å². The number of carboxylic acid groups (broad SMARTS) is 1. The van der Waals surface area contributed by atoms with Crippen LogP contribution in [0.25, 0.3) is 5.69 Å². The molecule has 38 heavy (non-hydrogen) atoms. The lowest BCUT2D eigenvalue weighted by molar-refractivity contribution is 0.0696. The molecule has 2 aliphatic rings. The fourth-order valence-electron chi connectivity index (χ4n) is 5.07.